The van der Waals surface area contributed by atoms with Gasteiger partial charge in [0.25, 0.3) is 0 Å². The summed E-state index contributed by atoms with van der Waals surface area (Å²) in [4.78, 5) is 0. The largest absolute Gasteiger partial charge is 0.394 e. The first kappa shape index (κ1) is 16.4. The monoisotopic (exact) mass is 383 g/mol. The normalized spacial score (nSPS) is 18.5. The first-order valence-electron chi connectivity index (χ1n) is 6.47. The summed E-state index contributed by atoms with van der Waals surface area (Å²) in [6.45, 7) is 0.448. The van der Waals surface area contributed by atoms with E-state index in [2.05, 4.69) is 20.7 Å². The number of hydrogen-bond acceptors (Lipinski definition) is 5. The third-order valence-electron chi connectivity index (χ3n) is 3.41. The van der Waals surface area contributed by atoms with E-state index < -0.39 is 15.6 Å². The molecule has 1 aliphatic rings. The Morgan fingerprint density at radius 2 is 2.10 bits per heavy atom. The van der Waals surface area contributed by atoms with Crippen molar-refractivity contribution in [3.63, 3.8) is 0 Å². The molecular weight excluding hydrogens is 366 g/mol. The van der Waals surface area contributed by atoms with Crippen LogP contribution in [0.3, 0.4) is 0 Å². The van der Waals surface area contributed by atoms with E-state index in [-0.39, 0.29) is 19.8 Å². The molecule has 0 amide bonds. The molecule has 5 nitrogen and oxygen atoms in total. The maximum absolute atomic E-state index is 12.2. The summed E-state index contributed by atoms with van der Waals surface area (Å²) in [5, 5.41) is 8.88. The van der Waals surface area contributed by atoms with Crippen LogP contribution in [-0.4, -0.2) is 38.9 Å². The molecule has 0 saturated heterocycles. The van der Waals surface area contributed by atoms with Crippen molar-refractivity contribution in [2.45, 2.75) is 35.5 Å². The van der Waals surface area contributed by atoms with Gasteiger partial charge in [0.15, 0.2) is 0 Å². The van der Waals surface area contributed by atoms with Gasteiger partial charge in [0.05, 0.1) is 22.6 Å². The molecule has 114 valence electrons. The van der Waals surface area contributed by atoms with Crippen molar-refractivity contribution in [2.75, 3.05) is 19.8 Å². The summed E-state index contributed by atoms with van der Waals surface area (Å²) in [5.74, 6) is 0. The van der Waals surface area contributed by atoms with Crippen LogP contribution in [0.15, 0.2) is 20.1 Å². The maximum Gasteiger partial charge on any atom is 0.250 e. The van der Waals surface area contributed by atoms with Gasteiger partial charge < -0.3 is 9.84 Å². The fraction of sp³-hybridized carbons (Fsp3) is 0.667. The topological polar surface area (TPSA) is 75.6 Å². The maximum atomic E-state index is 12.2. The molecule has 1 aromatic heterocycles. The van der Waals surface area contributed by atoms with Gasteiger partial charge in [-0.05, 0) is 40.9 Å². The molecule has 0 unspecified atom stereocenters. The van der Waals surface area contributed by atoms with Gasteiger partial charge in [0.1, 0.15) is 4.21 Å². The second-order valence-electron chi connectivity index (χ2n) is 4.85. The molecule has 1 aliphatic carbocycles. The summed E-state index contributed by atoms with van der Waals surface area (Å²) < 4.78 is 33.8. The average Bonchev–Trinajstić information content (AvgIpc) is 3.04. The number of thiophene rings is 1. The second-order valence-corrected chi connectivity index (χ2v) is 9.30. The van der Waals surface area contributed by atoms with E-state index in [0.717, 1.165) is 29.5 Å². The van der Waals surface area contributed by atoms with Crippen molar-refractivity contribution < 1.29 is 18.3 Å². The lowest BCUT2D eigenvalue weighted by Gasteiger charge is -2.29. The molecule has 0 aromatic carbocycles. The minimum Gasteiger partial charge on any atom is -0.394 e. The SMILES string of the molecule is O=S(=O)(NCC1(OCCO)CCCC1)c1ccc(Br)s1. The highest BCUT2D eigenvalue weighted by Gasteiger charge is 2.36. The molecule has 0 bridgehead atoms. The minimum absolute atomic E-state index is 0.0492. The van der Waals surface area contributed by atoms with Crippen LogP contribution in [-0.2, 0) is 14.8 Å². The summed E-state index contributed by atoms with van der Waals surface area (Å²) in [7, 11) is -3.49. The number of halogens is 1. The first-order chi connectivity index (χ1) is 9.47. The molecule has 1 fully saturated rings. The molecule has 0 aliphatic heterocycles. The van der Waals surface area contributed by atoms with Gasteiger partial charge in [0.2, 0.25) is 10.0 Å². The van der Waals surface area contributed by atoms with Gasteiger partial charge >= 0.3 is 0 Å². The molecule has 0 radical (unpaired) electrons. The smallest absolute Gasteiger partial charge is 0.250 e. The Balaban J connectivity index is 2.02. The summed E-state index contributed by atoms with van der Waals surface area (Å²) in [6.07, 6.45) is 3.70. The molecule has 0 atom stereocenters. The average molecular weight is 384 g/mol. The van der Waals surface area contributed by atoms with E-state index >= 15 is 0 Å². The molecule has 2 N–H and O–H groups in total. The summed E-state index contributed by atoms with van der Waals surface area (Å²) >= 11 is 4.44. The first-order valence-corrected chi connectivity index (χ1v) is 9.57. The van der Waals surface area contributed by atoms with E-state index in [9.17, 15) is 8.42 Å². The summed E-state index contributed by atoms with van der Waals surface area (Å²) in [5.41, 5.74) is -0.468. The third-order valence-corrected chi connectivity index (χ3v) is 6.93. The van der Waals surface area contributed by atoms with Gasteiger partial charge in [0, 0.05) is 6.54 Å². The Morgan fingerprint density at radius 3 is 2.65 bits per heavy atom. The molecule has 20 heavy (non-hydrogen) atoms. The fourth-order valence-corrected chi connectivity index (χ4v) is 5.56. The van der Waals surface area contributed by atoms with Crippen LogP contribution in [0, 0.1) is 0 Å². The number of nitrogens with one attached hydrogen (secondary N) is 1. The van der Waals surface area contributed by atoms with Crippen LogP contribution in [0.1, 0.15) is 25.7 Å². The lowest BCUT2D eigenvalue weighted by molar-refractivity contribution is -0.0492. The van der Waals surface area contributed by atoms with Gasteiger partial charge in [-0.3, -0.25) is 0 Å². The van der Waals surface area contributed by atoms with E-state index in [0.29, 0.717) is 4.21 Å². The van der Waals surface area contributed by atoms with Gasteiger partial charge in [-0.1, -0.05) is 12.8 Å². The Bertz CT molecular complexity index is 537. The Kier molecular flexibility index (Phi) is 5.61. The number of aliphatic hydroxyl groups excluding tert-OH is 1. The number of ether oxygens (including phenoxy) is 1. The van der Waals surface area contributed by atoms with Gasteiger partial charge in [-0.2, -0.15) is 0 Å². The Morgan fingerprint density at radius 1 is 1.40 bits per heavy atom. The summed E-state index contributed by atoms with van der Waals surface area (Å²) in [6, 6.07) is 3.29. The fourth-order valence-electron chi connectivity index (χ4n) is 2.39. The zero-order chi connectivity index (χ0) is 14.6. The van der Waals surface area contributed by atoms with Crippen LogP contribution in [0.5, 0.6) is 0 Å². The van der Waals surface area contributed by atoms with E-state index in [1.165, 1.54) is 11.3 Å². The van der Waals surface area contributed by atoms with E-state index in [4.69, 9.17) is 9.84 Å². The van der Waals surface area contributed by atoms with Crippen molar-refractivity contribution in [2.24, 2.45) is 0 Å². The van der Waals surface area contributed by atoms with Gasteiger partial charge in [-0.25, -0.2) is 13.1 Å². The standard InChI is InChI=1S/C12H18BrNO4S2/c13-10-3-4-11(19-10)20(16,17)14-9-12(18-8-7-15)5-1-2-6-12/h3-4,14-15H,1-2,5-9H2. The lowest BCUT2D eigenvalue weighted by Crippen LogP contribution is -2.43. The van der Waals surface area contributed by atoms with E-state index in [1.54, 1.807) is 12.1 Å². The van der Waals surface area contributed by atoms with Crippen LogP contribution in [0.2, 0.25) is 0 Å². The Hall–Kier alpha value is 0.01000. The van der Waals surface area contributed by atoms with Crippen molar-refractivity contribution in [3.8, 4) is 0 Å². The predicted octanol–water partition coefficient (Wildman–Crippen LogP) is 2.11. The minimum atomic E-state index is -3.49. The molecule has 2 rings (SSSR count). The molecule has 1 aromatic rings. The molecule has 1 heterocycles. The quantitative estimate of drug-likeness (QED) is 0.755. The van der Waals surface area contributed by atoms with Crippen LogP contribution >= 0.6 is 27.3 Å². The zero-order valence-electron chi connectivity index (χ0n) is 11.0. The Labute approximate surface area is 131 Å². The third kappa shape index (κ3) is 4.02. The van der Waals surface area contributed by atoms with Crippen LogP contribution in [0.25, 0.3) is 0 Å². The number of sulfonamides is 1. The highest BCUT2D eigenvalue weighted by Crippen LogP contribution is 2.33. The highest BCUT2D eigenvalue weighted by molar-refractivity contribution is 9.11. The molecule has 0 spiro atoms. The van der Waals surface area contributed by atoms with Crippen molar-refractivity contribution in [1.82, 2.24) is 4.72 Å². The molecule has 8 heteroatoms. The van der Waals surface area contributed by atoms with Crippen LogP contribution in [0.4, 0.5) is 0 Å². The predicted molar refractivity (Wildman–Crippen MR) is 81.4 cm³/mol. The van der Waals surface area contributed by atoms with Crippen molar-refractivity contribution in [3.05, 3.63) is 15.9 Å². The number of aliphatic hydroxyl groups is 1. The van der Waals surface area contributed by atoms with Crippen molar-refractivity contribution in [1.29, 1.82) is 0 Å². The number of hydrogen-bond donors (Lipinski definition) is 2. The highest BCUT2D eigenvalue weighted by atomic mass is 79.9. The zero-order valence-corrected chi connectivity index (χ0v) is 14.2. The van der Waals surface area contributed by atoms with Gasteiger partial charge in [-0.15, -0.1) is 11.3 Å². The molecule has 1 saturated carbocycles. The van der Waals surface area contributed by atoms with E-state index in [1.807, 2.05) is 0 Å². The van der Waals surface area contributed by atoms with Crippen molar-refractivity contribution >= 4 is 37.3 Å². The lowest BCUT2D eigenvalue weighted by atomic mass is 10.0. The second kappa shape index (κ2) is 6.85. The van der Waals surface area contributed by atoms with Crippen LogP contribution < -0.4 is 4.72 Å². The number of rotatable bonds is 7. The molecular formula is C12H18BrNO4S2.